The van der Waals surface area contributed by atoms with Crippen LogP contribution in [0.3, 0.4) is 0 Å². The monoisotopic (exact) mass is 1340 g/mol. The van der Waals surface area contributed by atoms with Crippen LogP contribution < -0.4 is 9.05 Å². The molecule has 0 radical (unpaired) electrons. The predicted molar refractivity (Wildman–Crippen MR) is 345 cm³/mol. The normalized spacial score (nSPS) is 25.8. The van der Waals surface area contributed by atoms with Crippen molar-refractivity contribution in [3.05, 3.63) is 56.6 Å². The molecule has 1 N–H and O–H groups in total. The molecule has 6 aliphatic heterocycles. The Kier molecular flexibility index (Phi) is 36.4. The molecule has 488 valence electrons. The van der Waals surface area contributed by atoms with Crippen molar-refractivity contribution in [3.8, 4) is 11.5 Å². The third-order valence-corrected chi connectivity index (χ3v) is 22.2. The minimum absolute atomic E-state index is 0.0188. The minimum atomic E-state index is -1.03. The van der Waals surface area contributed by atoms with Crippen LogP contribution >= 0.6 is 68.3 Å². The van der Waals surface area contributed by atoms with Gasteiger partial charge in [0.05, 0.1) is 59.5 Å². The maximum Gasteiger partial charge on any atom is 0.332 e. The summed E-state index contributed by atoms with van der Waals surface area (Å²) in [6.07, 6.45) is 5.32. The van der Waals surface area contributed by atoms with Gasteiger partial charge in [-0.15, -0.1) is 0 Å². The molecule has 84 heavy (non-hydrogen) atoms. The van der Waals surface area contributed by atoms with Crippen LogP contribution in [0.1, 0.15) is 119 Å². The average Bonchev–Trinajstić information content (AvgIpc) is 1.35. The first-order valence-electron chi connectivity index (χ1n) is 28.1. The van der Waals surface area contributed by atoms with Gasteiger partial charge in [-0.1, -0.05) is 67.5 Å². The van der Waals surface area contributed by atoms with E-state index in [1.54, 1.807) is 49.8 Å². The smallest absolute Gasteiger partial charge is 0.332 e. The van der Waals surface area contributed by atoms with Gasteiger partial charge in [0.1, 0.15) is 23.2 Å². The molecule has 6 heterocycles. The second-order valence-electron chi connectivity index (χ2n) is 23.2. The van der Waals surface area contributed by atoms with Crippen LogP contribution in [0.2, 0.25) is 0 Å². The van der Waals surface area contributed by atoms with Crippen LogP contribution in [-0.4, -0.2) is 152 Å². The standard InChI is InChI=1S/C20H25O2P.C10H18O5P2.3C6H13O3P.2C4H11O2P/c1-11-8-13(3)19-17(15(11)5)10-18-16(6)12(2)9-14(4)20(18)22-23(7)21-19;1-17-13-5-9(6-14-17)3-2-4-10(11)7-12-16-15-8(9)10;3*1-6(2)4-8-10(7-3)9-5-6;2*1-4-7(5-2)6-3/h8-9H,10H2,1-7H3;8,11,16H,2-7H2,1H3;3*4-5H2,1-3H3;2*4H2,1-3H3. The predicted octanol–water partition coefficient (Wildman–Crippen LogP) is 16.7. The number of aliphatic hydroxyl groups is 1. The molecule has 5 saturated heterocycles. The van der Waals surface area contributed by atoms with E-state index in [9.17, 15) is 5.11 Å². The SMILES string of the molecule is CCP(OC)OC.CCP(OC)OC.COP1OCC(C)(C)CO1.COP1OCC(C)(C)CO1.COP1OCC(C)(C)CO1.CP1OCC2(CCCC3(O)COPOC32)CO1.Cc1cc(C)c2c(c1C)Cc1c(C)c(C)cc(C)c1OP(C)O2. The maximum atomic E-state index is 10.6. The van der Waals surface area contributed by atoms with Gasteiger partial charge in [-0.3, -0.25) is 0 Å². The Bertz CT molecular complexity index is 2020. The zero-order valence-corrected chi connectivity index (χ0v) is 61.9. The van der Waals surface area contributed by atoms with Crippen LogP contribution in [0, 0.1) is 63.2 Å². The highest BCUT2D eigenvalue weighted by molar-refractivity contribution is 7.47. The zero-order valence-electron chi connectivity index (χ0n) is 54.7. The first-order valence-corrected chi connectivity index (χ1v) is 38.2. The number of aryl methyl sites for hydroxylation is 4. The molecule has 9 rings (SSSR count). The van der Waals surface area contributed by atoms with Gasteiger partial charge in [0.2, 0.25) is 0 Å². The number of hydrogen-bond acceptors (Lipinski definition) is 20. The molecule has 20 nitrogen and oxygen atoms in total. The third-order valence-electron chi connectivity index (χ3n) is 14.1. The van der Waals surface area contributed by atoms with E-state index in [1.165, 1.54) is 44.5 Å². The number of benzene rings is 2. The van der Waals surface area contributed by atoms with E-state index in [2.05, 4.69) is 95.2 Å². The van der Waals surface area contributed by atoms with Gasteiger partial charge in [0.15, 0.2) is 34.2 Å². The Hall–Kier alpha value is 0.760. The molecule has 0 bridgehead atoms. The van der Waals surface area contributed by atoms with Crippen molar-refractivity contribution in [2.45, 2.75) is 134 Å². The van der Waals surface area contributed by atoms with Gasteiger partial charge in [0.25, 0.3) is 8.38 Å². The molecule has 28 heteroatoms. The molecule has 7 aliphatic rings. The van der Waals surface area contributed by atoms with E-state index in [-0.39, 0.29) is 36.8 Å². The lowest BCUT2D eigenvalue weighted by atomic mass is 9.66. The Balaban J connectivity index is 0.000000270. The lowest BCUT2D eigenvalue weighted by Gasteiger charge is -2.54. The van der Waals surface area contributed by atoms with Crippen molar-refractivity contribution in [2.24, 2.45) is 21.7 Å². The van der Waals surface area contributed by atoms with Gasteiger partial charge in [0, 0.05) is 115 Å². The van der Waals surface area contributed by atoms with Crippen molar-refractivity contribution in [2.75, 3.05) is 135 Å². The molecule has 3 unspecified atom stereocenters. The Labute approximate surface area is 516 Å². The van der Waals surface area contributed by atoms with E-state index in [1.807, 2.05) is 27.2 Å². The Morgan fingerprint density at radius 2 is 0.869 bits per heavy atom. The quantitative estimate of drug-likeness (QED) is 0.233. The van der Waals surface area contributed by atoms with E-state index in [0.717, 1.165) is 89.1 Å². The summed E-state index contributed by atoms with van der Waals surface area (Å²) in [5.41, 5.74) is 9.77. The summed E-state index contributed by atoms with van der Waals surface area (Å²) in [5.74, 6) is 2.04. The summed E-state index contributed by atoms with van der Waals surface area (Å²) in [4.78, 5) is 0. The minimum Gasteiger partial charge on any atom is -0.438 e. The fourth-order valence-corrected chi connectivity index (χ4v) is 16.9. The molecule has 6 fully saturated rings. The second kappa shape index (κ2) is 38.7. The summed E-state index contributed by atoms with van der Waals surface area (Å²) < 4.78 is 101. The Morgan fingerprint density at radius 1 is 0.512 bits per heavy atom. The van der Waals surface area contributed by atoms with E-state index in [4.69, 9.17) is 86.0 Å². The highest BCUT2D eigenvalue weighted by Crippen LogP contribution is 2.56. The molecule has 2 aromatic rings. The zero-order chi connectivity index (χ0) is 63.1. The first-order chi connectivity index (χ1) is 39.5. The molecule has 1 saturated carbocycles. The van der Waals surface area contributed by atoms with Crippen molar-refractivity contribution in [1.29, 1.82) is 0 Å². The largest absolute Gasteiger partial charge is 0.438 e. The molecular formula is C56H104O20P8. The highest BCUT2D eigenvalue weighted by Gasteiger charge is 2.58. The molecule has 1 aliphatic carbocycles. The van der Waals surface area contributed by atoms with Crippen molar-refractivity contribution < 1.29 is 91.1 Å². The topological polar surface area (TPSA) is 196 Å². The van der Waals surface area contributed by atoms with Crippen molar-refractivity contribution in [3.63, 3.8) is 0 Å². The molecule has 2 aromatic carbocycles. The highest BCUT2D eigenvalue weighted by atomic mass is 31.2. The summed E-state index contributed by atoms with van der Waals surface area (Å²) in [5, 5.41) is 10.6. The number of rotatable bonds is 9. The van der Waals surface area contributed by atoms with E-state index < -0.39 is 64.9 Å². The lowest BCUT2D eigenvalue weighted by molar-refractivity contribution is -0.202. The van der Waals surface area contributed by atoms with Gasteiger partial charge >= 0.3 is 25.8 Å². The summed E-state index contributed by atoms with van der Waals surface area (Å²) in [6.45, 7) is 39.8. The number of fused-ring (bicyclic) bond motifs is 4. The second-order valence-corrected chi connectivity index (χ2v) is 34.6. The van der Waals surface area contributed by atoms with Gasteiger partial charge in [-0.2, -0.15) is 0 Å². The third kappa shape index (κ3) is 25.7. The van der Waals surface area contributed by atoms with Gasteiger partial charge < -0.3 is 91.1 Å². The molecule has 0 aromatic heterocycles. The molecular weight excluding hydrogens is 1240 g/mol. The summed E-state index contributed by atoms with van der Waals surface area (Å²) in [6, 6.07) is 4.43. The lowest BCUT2D eigenvalue weighted by Crippen LogP contribution is -2.63. The maximum absolute atomic E-state index is 10.6. The molecule has 0 amide bonds. The summed E-state index contributed by atoms with van der Waals surface area (Å²) in [7, 11) is 5.56. The fraction of sp³-hybridized carbons (Fsp3) is 0.786. The average molecular weight is 1350 g/mol. The van der Waals surface area contributed by atoms with Crippen LogP contribution in [0.4, 0.5) is 0 Å². The van der Waals surface area contributed by atoms with Crippen molar-refractivity contribution >= 4 is 68.3 Å². The first kappa shape index (κ1) is 79.0. The van der Waals surface area contributed by atoms with E-state index >= 15 is 0 Å². The van der Waals surface area contributed by atoms with Crippen molar-refractivity contribution in [1.82, 2.24) is 0 Å². The summed E-state index contributed by atoms with van der Waals surface area (Å²) >= 11 is 0. The number of hydrogen-bond donors (Lipinski definition) is 1. The van der Waals surface area contributed by atoms with Crippen LogP contribution in [0.25, 0.3) is 0 Å². The van der Waals surface area contributed by atoms with Crippen LogP contribution in [-0.2, 0) is 83.3 Å². The Morgan fingerprint density at radius 3 is 1.18 bits per heavy atom. The van der Waals surface area contributed by atoms with E-state index in [0.29, 0.717) is 19.8 Å². The fourth-order valence-electron chi connectivity index (χ4n) is 9.02. The van der Waals surface area contributed by atoms with Gasteiger partial charge in [-0.05, 0) is 94.2 Å². The molecule has 3 atom stereocenters. The van der Waals surface area contributed by atoms with Gasteiger partial charge in [-0.25, -0.2) is 0 Å². The van der Waals surface area contributed by atoms with Crippen LogP contribution in [0.15, 0.2) is 12.1 Å². The van der Waals surface area contributed by atoms with Crippen LogP contribution in [0.5, 0.6) is 11.5 Å². The molecule has 1 spiro atoms.